The van der Waals surface area contributed by atoms with Crippen molar-refractivity contribution in [3.05, 3.63) is 17.7 Å². The Bertz CT molecular complexity index is 394. The molecule has 1 saturated heterocycles. The fourth-order valence-corrected chi connectivity index (χ4v) is 2.17. The summed E-state index contributed by atoms with van der Waals surface area (Å²) in [5, 5.41) is 8.67. The van der Waals surface area contributed by atoms with Crippen molar-refractivity contribution in [3.63, 3.8) is 0 Å². The summed E-state index contributed by atoms with van der Waals surface area (Å²) >= 11 is 0. The van der Waals surface area contributed by atoms with Gasteiger partial charge in [0.2, 0.25) is 0 Å². The second kappa shape index (κ2) is 5.31. The monoisotopic (exact) mass is 238 g/mol. The van der Waals surface area contributed by atoms with Crippen molar-refractivity contribution in [2.24, 2.45) is 7.05 Å². The Balaban J connectivity index is 2.03. The lowest BCUT2D eigenvalue weighted by Crippen LogP contribution is -2.14. The highest BCUT2D eigenvalue weighted by atomic mass is 16.5. The zero-order valence-electron chi connectivity index (χ0n) is 10.1. The lowest BCUT2D eigenvalue weighted by molar-refractivity contribution is -0.137. The smallest absolute Gasteiger partial charge is 0.303 e. The lowest BCUT2D eigenvalue weighted by atomic mass is 9.97. The summed E-state index contributed by atoms with van der Waals surface area (Å²) in [6, 6.07) is 0. The minimum atomic E-state index is -0.777. The van der Waals surface area contributed by atoms with E-state index in [1.165, 1.54) is 0 Å². The number of aryl methyl sites for hydroxylation is 2. The number of carbonyl (C=O) groups is 1. The van der Waals surface area contributed by atoms with Crippen LogP contribution in [0.15, 0.2) is 6.20 Å². The van der Waals surface area contributed by atoms with Crippen LogP contribution < -0.4 is 0 Å². The van der Waals surface area contributed by atoms with Crippen LogP contribution in [-0.4, -0.2) is 33.8 Å². The van der Waals surface area contributed by atoms with E-state index in [9.17, 15) is 4.79 Å². The minimum Gasteiger partial charge on any atom is -0.481 e. The van der Waals surface area contributed by atoms with E-state index in [1.54, 1.807) is 0 Å². The van der Waals surface area contributed by atoms with Gasteiger partial charge in [-0.2, -0.15) is 0 Å². The van der Waals surface area contributed by atoms with E-state index < -0.39 is 5.97 Å². The highest BCUT2D eigenvalue weighted by molar-refractivity contribution is 5.66. The summed E-state index contributed by atoms with van der Waals surface area (Å²) in [7, 11) is 1.92. The number of carboxylic acids is 1. The maximum atomic E-state index is 10.5. The molecule has 0 saturated carbocycles. The number of carboxylic acid groups (broad SMARTS) is 1. The topological polar surface area (TPSA) is 64.4 Å². The van der Waals surface area contributed by atoms with Crippen molar-refractivity contribution < 1.29 is 14.6 Å². The average Bonchev–Trinajstić information content (AvgIpc) is 2.69. The van der Waals surface area contributed by atoms with Crippen LogP contribution in [0, 0.1) is 0 Å². The Hall–Kier alpha value is -1.36. The molecule has 1 aromatic heterocycles. The molecule has 0 atom stereocenters. The molecule has 0 aromatic carbocycles. The summed E-state index contributed by atoms with van der Waals surface area (Å²) in [4.78, 5) is 15.1. The van der Waals surface area contributed by atoms with Gasteiger partial charge in [0.05, 0.1) is 12.1 Å². The van der Waals surface area contributed by atoms with E-state index in [4.69, 9.17) is 9.84 Å². The molecular formula is C12H18N2O3. The van der Waals surface area contributed by atoms with Gasteiger partial charge in [0.15, 0.2) is 0 Å². The van der Waals surface area contributed by atoms with Crippen molar-refractivity contribution >= 4 is 5.97 Å². The van der Waals surface area contributed by atoms with E-state index in [-0.39, 0.29) is 6.42 Å². The maximum absolute atomic E-state index is 10.5. The molecule has 2 rings (SSSR count). The summed E-state index contributed by atoms with van der Waals surface area (Å²) < 4.78 is 7.26. The lowest BCUT2D eigenvalue weighted by Gasteiger charge is -2.19. The number of ether oxygens (including phenoxy) is 1. The molecule has 1 aromatic rings. The van der Waals surface area contributed by atoms with E-state index >= 15 is 0 Å². The van der Waals surface area contributed by atoms with Gasteiger partial charge < -0.3 is 14.4 Å². The first-order valence-electron chi connectivity index (χ1n) is 5.98. The second-order valence-corrected chi connectivity index (χ2v) is 4.47. The molecule has 0 unspecified atom stereocenters. The van der Waals surface area contributed by atoms with Crippen molar-refractivity contribution in [1.82, 2.24) is 9.55 Å². The molecule has 0 bridgehead atoms. The van der Waals surface area contributed by atoms with Crippen molar-refractivity contribution in [3.8, 4) is 0 Å². The first kappa shape index (κ1) is 12.1. The maximum Gasteiger partial charge on any atom is 0.303 e. The Kier molecular flexibility index (Phi) is 3.78. The molecule has 1 aliphatic rings. The summed E-state index contributed by atoms with van der Waals surface area (Å²) in [5.41, 5.74) is 1.08. The van der Waals surface area contributed by atoms with Gasteiger partial charge in [-0.1, -0.05) is 0 Å². The summed E-state index contributed by atoms with van der Waals surface area (Å²) in [6.07, 6.45) is 4.67. The molecule has 1 fully saturated rings. The van der Waals surface area contributed by atoms with Crippen LogP contribution in [0.5, 0.6) is 0 Å². The number of imidazole rings is 1. The Labute approximate surface area is 100 Å². The summed E-state index contributed by atoms with van der Waals surface area (Å²) in [5.74, 6) is 0.544. The van der Waals surface area contributed by atoms with Gasteiger partial charge in [-0.3, -0.25) is 4.79 Å². The van der Waals surface area contributed by atoms with Gasteiger partial charge >= 0.3 is 5.97 Å². The quantitative estimate of drug-likeness (QED) is 0.859. The molecule has 5 heteroatoms. The molecule has 0 spiro atoms. The molecule has 2 heterocycles. The fraction of sp³-hybridized carbons (Fsp3) is 0.667. The predicted molar refractivity (Wildman–Crippen MR) is 62.0 cm³/mol. The van der Waals surface area contributed by atoms with Crippen LogP contribution in [0.4, 0.5) is 0 Å². The number of hydrogen-bond acceptors (Lipinski definition) is 3. The first-order valence-corrected chi connectivity index (χ1v) is 5.98. The largest absolute Gasteiger partial charge is 0.481 e. The third kappa shape index (κ3) is 3.06. The van der Waals surface area contributed by atoms with Gasteiger partial charge in [0.1, 0.15) is 5.82 Å². The van der Waals surface area contributed by atoms with Gasteiger partial charge in [-0.05, 0) is 12.8 Å². The SMILES string of the molecule is Cn1cc(C2CCOCC2)nc1CCC(=O)O. The van der Waals surface area contributed by atoms with Crippen molar-refractivity contribution in [2.45, 2.75) is 31.6 Å². The molecule has 1 N–H and O–H groups in total. The zero-order chi connectivity index (χ0) is 12.3. The Morgan fingerprint density at radius 3 is 2.94 bits per heavy atom. The molecule has 94 valence electrons. The number of nitrogens with zero attached hydrogens (tertiary/aromatic N) is 2. The van der Waals surface area contributed by atoms with Crippen LogP contribution in [0.3, 0.4) is 0 Å². The molecular weight excluding hydrogens is 220 g/mol. The highest BCUT2D eigenvalue weighted by Crippen LogP contribution is 2.26. The fourth-order valence-electron chi connectivity index (χ4n) is 2.17. The normalized spacial score (nSPS) is 17.2. The predicted octanol–water partition coefficient (Wildman–Crippen LogP) is 1.33. The van der Waals surface area contributed by atoms with Crippen LogP contribution in [0.25, 0.3) is 0 Å². The number of aromatic nitrogens is 2. The third-order valence-corrected chi connectivity index (χ3v) is 3.19. The standard InChI is InChI=1S/C12H18N2O3/c1-14-8-10(9-4-6-17-7-5-9)13-11(14)2-3-12(15)16/h8-9H,2-7H2,1H3,(H,15,16). The highest BCUT2D eigenvalue weighted by Gasteiger charge is 2.19. The van der Waals surface area contributed by atoms with Crippen molar-refractivity contribution in [2.75, 3.05) is 13.2 Å². The van der Waals surface area contributed by atoms with E-state index in [1.807, 2.05) is 17.8 Å². The number of hydrogen-bond donors (Lipinski definition) is 1. The molecule has 5 nitrogen and oxygen atoms in total. The molecule has 17 heavy (non-hydrogen) atoms. The zero-order valence-corrected chi connectivity index (χ0v) is 10.1. The van der Waals surface area contributed by atoms with Crippen LogP contribution in [-0.2, 0) is 23.0 Å². The third-order valence-electron chi connectivity index (χ3n) is 3.19. The van der Waals surface area contributed by atoms with Crippen LogP contribution in [0.1, 0.15) is 36.7 Å². The van der Waals surface area contributed by atoms with Gasteiger partial charge in [-0.15, -0.1) is 0 Å². The molecule has 1 aliphatic heterocycles. The number of rotatable bonds is 4. The molecule has 0 radical (unpaired) electrons. The van der Waals surface area contributed by atoms with Gasteiger partial charge in [0, 0.05) is 38.8 Å². The number of aliphatic carboxylic acids is 1. The van der Waals surface area contributed by atoms with E-state index in [2.05, 4.69) is 4.98 Å². The molecule has 0 aliphatic carbocycles. The molecule has 0 amide bonds. The Morgan fingerprint density at radius 2 is 2.29 bits per heavy atom. The Morgan fingerprint density at radius 1 is 1.59 bits per heavy atom. The van der Waals surface area contributed by atoms with Crippen LogP contribution >= 0.6 is 0 Å². The summed E-state index contributed by atoms with van der Waals surface area (Å²) in [6.45, 7) is 1.59. The first-order chi connectivity index (χ1) is 8.16. The van der Waals surface area contributed by atoms with Crippen LogP contribution in [0.2, 0.25) is 0 Å². The minimum absolute atomic E-state index is 0.137. The van der Waals surface area contributed by atoms with Crippen molar-refractivity contribution in [1.29, 1.82) is 0 Å². The van der Waals surface area contributed by atoms with E-state index in [0.29, 0.717) is 12.3 Å². The van der Waals surface area contributed by atoms with E-state index in [0.717, 1.165) is 37.6 Å². The van der Waals surface area contributed by atoms with Gasteiger partial charge in [-0.25, -0.2) is 4.98 Å². The second-order valence-electron chi connectivity index (χ2n) is 4.47. The van der Waals surface area contributed by atoms with Gasteiger partial charge in [0.25, 0.3) is 0 Å². The average molecular weight is 238 g/mol.